The van der Waals surface area contributed by atoms with Crippen molar-refractivity contribution in [2.75, 3.05) is 6.61 Å². The van der Waals surface area contributed by atoms with Crippen LogP contribution in [0, 0.1) is 0 Å². The highest BCUT2D eigenvalue weighted by Gasteiger charge is 2.25. The lowest BCUT2D eigenvalue weighted by Crippen LogP contribution is -2.39. The van der Waals surface area contributed by atoms with Gasteiger partial charge in [0, 0.05) is 12.1 Å². The second kappa shape index (κ2) is 6.23. The van der Waals surface area contributed by atoms with Gasteiger partial charge in [-0.3, -0.25) is 4.90 Å². The van der Waals surface area contributed by atoms with Gasteiger partial charge in [0.2, 0.25) is 0 Å². The van der Waals surface area contributed by atoms with Gasteiger partial charge in [-0.1, -0.05) is 42.5 Å². The molecule has 0 radical (unpaired) electrons. The molecule has 0 N–H and O–H groups in total. The summed E-state index contributed by atoms with van der Waals surface area (Å²) in [5.74, 6) is 0. The topological polar surface area (TPSA) is 29.5 Å². The SMILES string of the molecule is CCOC(=O)N1C(Cc2ccccc2)=CC=CC1C. The minimum atomic E-state index is -0.276. The number of benzene rings is 1. The summed E-state index contributed by atoms with van der Waals surface area (Å²) in [5.41, 5.74) is 2.16. The zero-order valence-electron chi connectivity index (χ0n) is 11.4. The van der Waals surface area contributed by atoms with Crippen molar-refractivity contribution in [3.8, 4) is 0 Å². The lowest BCUT2D eigenvalue weighted by Gasteiger charge is -2.31. The minimum Gasteiger partial charge on any atom is -0.449 e. The van der Waals surface area contributed by atoms with Crippen LogP contribution in [0.15, 0.2) is 54.3 Å². The van der Waals surface area contributed by atoms with E-state index in [2.05, 4.69) is 12.1 Å². The molecule has 3 nitrogen and oxygen atoms in total. The van der Waals surface area contributed by atoms with Crippen LogP contribution in [0.5, 0.6) is 0 Å². The van der Waals surface area contributed by atoms with Gasteiger partial charge in [-0.05, 0) is 25.5 Å². The highest BCUT2D eigenvalue weighted by Crippen LogP contribution is 2.21. The maximum absolute atomic E-state index is 12.0. The monoisotopic (exact) mass is 257 g/mol. The Bertz CT molecular complexity index is 491. The van der Waals surface area contributed by atoms with Gasteiger partial charge in [-0.2, -0.15) is 0 Å². The number of hydrogen-bond donors (Lipinski definition) is 0. The first kappa shape index (κ1) is 13.4. The first-order chi connectivity index (χ1) is 9.22. The molecular weight excluding hydrogens is 238 g/mol. The Balaban J connectivity index is 2.18. The van der Waals surface area contributed by atoms with Crippen molar-refractivity contribution in [3.05, 3.63) is 59.8 Å². The van der Waals surface area contributed by atoms with Gasteiger partial charge in [0.05, 0.1) is 12.6 Å². The molecule has 0 saturated carbocycles. The molecule has 1 aliphatic heterocycles. The Morgan fingerprint density at radius 1 is 1.32 bits per heavy atom. The largest absolute Gasteiger partial charge is 0.449 e. The average molecular weight is 257 g/mol. The van der Waals surface area contributed by atoms with Crippen molar-refractivity contribution in [1.29, 1.82) is 0 Å². The van der Waals surface area contributed by atoms with Crippen LogP contribution in [-0.2, 0) is 11.2 Å². The van der Waals surface area contributed by atoms with Crippen molar-refractivity contribution < 1.29 is 9.53 Å². The Labute approximate surface area is 114 Å². The van der Waals surface area contributed by atoms with E-state index in [4.69, 9.17) is 4.74 Å². The van der Waals surface area contributed by atoms with Gasteiger partial charge in [-0.15, -0.1) is 0 Å². The number of amides is 1. The van der Waals surface area contributed by atoms with Crippen molar-refractivity contribution in [2.45, 2.75) is 26.3 Å². The van der Waals surface area contributed by atoms with Crippen LogP contribution in [0.1, 0.15) is 19.4 Å². The molecule has 3 heteroatoms. The Morgan fingerprint density at radius 2 is 2.05 bits per heavy atom. The van der Waals surface area contributed by atoms with Crippen LogP contribution in [0.2, 0.25) is 0 Å². The minimum absolute atomic E-state index is 0.0303. The highest BCUT2D eigenvalue weighted by atomic mass is 16.6. The number of hydrogen-bond acceptors (Lipinski definition) is 2. The van der Waals surface area contributed by atoms with E-state index in [1.54, 1.807) is 4.90 Å². The van der Waals surface area contributed by atoms with E-state index < -0.39 is 0 Å². The van der Waals surface area contributed by atoms with Crippen LogP contribution in [0.4, 0.5) is 4.79 Å². The quantitative estimate of drug-likeness (QED) is 0.829. The average Bonchev–Trinajstić information content (AvgIpc) is 2.40. The number of rotatable bonds is 3. The predicted molar refractivity (Wildman–Crippen MR) is 75.7 cm³/mol. The van der Waals surface area contributed by atoms with E-state index >= 15 is 0 Å². The van der Waals surface area contributed by atoms with Gasteiger partial charge in [0.1, 0.15) is 0 Å². The lowest BCUT2D eigenvalue weighted by molar-refractivity contribution is 0.111. The number of carbonyl (C=O) groups excluding carboxylic acids is 1. The maximum atomic E-state index is 12.0. The maximum Gasteiger partial charge on any atom is 0.414 e. The first-order valence-electron chi connectivity index (χ1n) is 6.59. The van der Waals surface area contributed by atoms with Crippen LogP contribution < -0.4 is 0 Å². The van der Waals surface area contributed by atoms with Crippen molar-refractivity contribution >= 4 is 6.09 Å². The standard InChI is InChI=1S/C16H19NO2/c1-3-19-16(18)17-13(2)8-7-11-15(17)12-14-9-5-4-6-10-14/h4-11,13H,3,12H2,1-2H3. The molecule has 0 aromatic heterocycles. The molecule has 0 spiro atoms. The summed E-state index contributed by atoms with van der Waals surface area (Å²) in [4.78, 5) is 13.8. The summed E-state index contributed by atoms with van der Waals surface area (Å²) >= 11 is 0. The lowest BCUT2D eigenvalue weighted by atomic mass is 10.0. The normalized spacial score (nSPS) is 18.1. The van der Waals surface area contributed by atoms with E-state index in [1.807, 2.05) is 50.3 Å². The molecule has 0 fully saturated rings. The van der Waals surface area contributed by atoms with Gasteiger partial charge in [0.15, 0.2) is 0 Å². The summed E-state index contributed by atoms with van der Waals surface area (Å²) in [6.45, 7) is 4.21. The molecule has 2 rings (SSSR count). The van der Waals surface area contributed by atoms with Crippen LogP contribution >= 0.6 is 0 Å². The fraction of sp³-hybridized carbons (Fsp3) is 0.312. The zero-order chi connectivity index (χ0) is 13.7. The smallest absolute Gasteiger partial charge is 0.414 e. The predicted octanol–water partition coefficient (Wildman–Crippen LogP) is 3.53. The Kier molecular flexibility index (Phi) is 4.39. The van der Waals surface area contributed by atoms with Gasteiger partial charge in [-0.25, -0.2) is 4.79 Å². The van der Waals surface area contributed by atoms with Crippen LogP contribution in [0.25, 0.3) is 0 Å². The summed E-state index contributed by atoms with van der Waals surface area (Å²) in [6.07, 6.45) is 6.42. The second-order valence-electron chi connectivity index (χ2n) is 4.51. The molecule has 0 bridgehead atoms. The molecule has 100 valence electrons. The van der Waals surface area contributed by atoms with E-state index in [9.17, 15) is 4.79 Å². The van der Waals surface area contributed by atoms with Crippen LogP contribution in [-0.4, -0.2) is 23.6 Å². The number of allylic oxidation sites excluding steroid dienone is 3. The molecule has 1 amide bonds. The molecule has 1 aliphatic rings. The highest BCUT2D eigenvalue weighted by molar-refractivity contribution is 5.71. The Hall–Kier alpha value is -2.03. The molecule has 1 atom stereocenters. The third-order valence-corrected chi connectivity index (χ3v) is 3.09. The molecule has 0 saturated heterocycles. The van der Waals surface area contributed by atoms with E-state index in [1.165, 1.54) is 5.56 Å². The molecule has 19 heavy (non-hydrogen) atoms. The zero-order valence-corrected chi connectivity index (χ0v) is 11.4. The van der Waals surface area contributed by atoms with Crippen molar-refractivity contribution in [3.63, 3.8) is 0 Å². The molecule has 1 aromatic carbocycles. The second-order valence-corrected chi connectivity index (χ2v) is 4.51. The van der Waals surface area contributed by atoms with Gasteiger partial charge >= 0.3 is 6.09 Å². The summed E-state index contributed by atoms with van der Waals surface area (Å²) < 4.78 is 5.13. The van der Waals surface area contributed by atoms with E-state index in [0.29, 0.717) is 6.61 Å². The summed E-state index contributed by atoms with van der Waals surface area (Å²) in [7, 11) is 0. The molecule has 1 unspecified atom stereocenters. The third-order valence-electron chi connectivity index (χ3n) is 3.09. The summed E-state index contributed by atoms with van der Waals surface area (Å²) in [5, 5.41) is 0. The van der Waals surface area contributed by atoms with Gasteiger partial charge in [0.25, 0.3) is 0 Å². The number of carbonyl (C=O) groups is 1. The summed E-state index contributed by atoms with van der Waals surface area (Å²) in [6, 6.07) is 10.2. The molecule has 1 aromatic rings. The molecule has 0 aliphatic carbocycles. The van der Waals surface area contributed by atoms with Crippen molar-refractivity contribution in [2.24, 2.45) is 0 Å². The first-order valence-corrected chi connectivity index (χ1v) is 6.59. The molecular formula is C16H19NO2. The van der Waals surface area contributed by atoms with E-state index in [-0.39, 0.29) is 12.1 Å². The Morgan fingerprint density at radius 3 is 2.74 bits per heavy atom. The van der Waals surface area contributed by atoms with Gasteiger partial charge < -0.3 is 4.74 Å². The number of nitrogens with zero attached hydrogens (tertiary/aromatic N) is 1. The van der Waals surface area contributed by atoms with E-state index in [0.717, 1.165) is 12.1 Å². The van der Waals surface area contributed by atoms with Crippen molar-refractivity contribution in [1.82, 2.24) is 4.90 Å². The fourth-order valence-electron chi connectivity index (χ4n) is 2.18. The molecule has 1 heterocycles. The van der Waals surface area contributed by atoms with Crippen LogP contribution in [0.3, 0.4) is 0 Å². The fourth-order valence-corrected chi connectivity index (χ4v) is 2.18. The third kappa shape index (κ3) is 3.25. The number of ether oxygens (including phenoxy) is 1.